The monoisotopic (exact) mass is 257 g/mol. The van der Waals surface area contributed by atoms with Gasteiger partial charge in [0, 0.05) is 18.7 Å². The van der Waals surface area contributed by atoms with Gasteiger partial charge in [-0.3, -0.25) is 0 Å². The first-order valence-corrected chi connectivity index (χ1v) is 6.53. The molecule has 0 bridgehead atoms. The lowest BCUT2D eigenvalue weighted by molar-refractivity contribution is 0.613. The first-order chi connectivity index (χ1) is 9.22. The molecule has 0 saturated carbocycles. The number of nitrogens with zero attached hydrogens (tertiary/aromatic N) is 2. The van der Waals surface area contributed by atoms with E-state index in [2.05, 4.69) is 15.3 Å². The number of halogens is 1. The van der Waals surface area contributed by atoms with Crippen LogP contribution in [0.4, 0.5) is 4.39 Å². The molecule has 0 atom stereocenters. The van der Waals surface area contributed by atoms with Crippen LogP contribution in [0, 0.1) is 12.7 Å². The number of aromatic nitrogens is 2. The number of aryl methyl sites for hydroxylation is 1. The van der Waals surface area contributed by atoms with Gasteiger partial charge < -0.3 is 5.32 Å². The summed E-state index contributed by atoms with van der Waals surface area (Å²) in [6, 6.07) is 6.52. The van der Waals surface area contributed by atoms with Crippen molar-refractivity contribution in [3.05, 3.63) is 58.4 Å². The number of nitrogens with one attached hydrogen (secondary N) is 1. The van der Waals surface area contributed by atoms with Gasteiger partial charge in [-0.2, -0.15) is 0 Å². The summed E-state index contributed by atoms with van der Waals surface area (Å²) in [7, 11) is 0. The van der Waals surface area contributed by atoms with E-state index < -0.39 is 0 Å². The first-order valence-electron chi connectivity index (χ1n) is 6.53. The van der Waals surface area contributed by atoms with E-state index in [4.69, 9.17) is 0 Å². The van der Waals surface area contributed by atoms with E-state index in [1.807, 2.05) is 6.92 Å². The molecule has 98 valence electrons. The molecule has 1 N–H and O–H groups in total. The molecule has 0 fully saturated rings. The van der Waals surface area contributed by atoms with Gasteiger partial charge >= 0.3 is 0 Å². The molecule has 19 heavy (non-hydrogen) atoms. The van der Waals surface area contributed by atoms with E-state index in [0.717, 1.165) is 42.3 Å². The second-order valence-electron chi connectivity index (χ2n) is 4.88. The standard InChI is InChI=1S/C15H16FN3/c1-10-13-6-7-17-9-14(13)19-15(18-10)8-11-2-4-12(16)5-3-11/h2-5,17H,6-9H2,1H3. The zero-order valence-electron chi connectivity index (χ0n) is 10.9. The van der Waals surface area contributed by atoms with Crippen molar-refractivity contribution >= 4 is 0 Å². The summed E-state index contributed by atoms with van der Waals surface area (Å²) < 4.78 is 12.9. The van der Waals surface area contributed by atoms with Crippen molar-refractivity contribution in [1.29, 1.82) is 0 Å². The third kappa shape index (κ3) is 2.63. The van der Waals surface area contributed by atoms with Crippen LogP contribution in [-0.2, 0) is 19.4 Å². The summed E-state index contributed by atoms with van der Waals surface area (Å²) in [5.41, 5.74) is 4.49. The minimum Gasteiger partial charge on any atom is -0.311 e. The minimum atomic E-state index is -0.213. The normalized spacial score (nSPS) is 14.2. The lowest BCUT2D eigenvalue weighted by Gasteiger charge is -2.18. The second-order valence-corrected chi connectivity index (χ2v) is 4.88. The van der Waals surface area contributed by atoms with Crippen LogP contribution in [0.15, 0.2) is 24.3 Å². The van der Waals surface area contributed by atoms with Gasteiger partial charge in [0.15, 0.2) is 0 Å². The van der Waals surface area contributed by atoms with Gasteiger partial charge in [0.2, 0.25) is 0 Å². The number of rotatable bonds is 2. The van der Waals surface area contributed by atoms with Crippen LogP contribution >= 0.6 is 0 Å². The fourth-order valence-electron chi connectivity index (χ4n) is 2.47. The van der Waals surface area contributed by atoms with E-state index in [1.165, 1.54) is 17.7 Å². The second kappa shape index (κ2) is 5.05. The molecule has 0 amide bonds. The van der Waals surface area contributed by atoms with Crippen molar-refractivity contribution in [3.63, 3.8) is 0 Å². The topological polar surface area (TPSA) is 37.8 Å². The summed E-state index contributed by atoms with van der Waals surface area (Å²) in [4.78, 5) is 9.20. The maximum absolute atomic E-state index is 12.9. The molecule has 4 heteroatoms. The molecule has 1 aliphatic heterocycles. The summed E-state index contributed by atoms with van der Waals surface area (Å²) in [6.45, 7) is 3.85. The lowest BCUT2D eigenvalue weighted by atomic mass is 10.0. The van der Waals surface area contributed by atoms with Crippen molar-refractivity contribution in [1.82, 2.24) is 15.3 Å². The highest BCUT2D eigenvalue weighted by molar-refractivity contribution is 5.29. The molecule has 0 radical (unpaired) electrons. The Morgan fingerprint density at radius 1 is 1.21 bits per heavy atom. The van der Waals surface area contributed by atoms with Gasteiger partial charge in [0.25, 0.3) is 0 Å². The molecule has 0 saturated heterocycles. The number of benzene rings is 1. The molecule has 0 spiro atoms. The van der Waals surface area contributed by atoms with Crippen LogP contribution in [-0.4, -0.2) is 16.5 Å². The maximum atomic E-state index is 12.9. The van der Waals surface area contributed by atoms with Crippen LogP contribution in [0.3, 0.4) is 0 Å². The highest BCUT2D eigenvalue weighted by Gasteiger charge is 2.15. The Labute approximate surface area is 111 Å². The highest BCUT2D eigenvalue weighted by atomic mass is 19.1. The Balaban J connectivity index is 1.89. The summed E-state index contributed by atoms with van der Waals surface area (Å²) >= 11 is 0. The third-order valence-electron chi connectivity index (χ3n) is 3.47. The van der Waals surface area contributed by atoms with Crippen molar-refractivity contribution in [2.75, 3.05) is 6.54 Å². The van der Waals surface area contributed by atoms with E-state index in [1.54, 1.807) is 12.1 Å². The van der Waals surface area contributed by atoms with Gasteiger partial charge in [-0.25, -0.2) is 14.4 Å². The molecule has 1 aliphatic rings. The van der Waals surface area contributed by atoms with E-state index in [-0.39, 0.29) is 5.82 Å². The Hall–Kier alpha value is -1.81. The molecular formula is C15H16FN3. The van der Waals surface area contributed by atoms with Gasteiger partial charge in [-0.15, -0.1) is 0 Å². The molecule has 2 heterocycles. The predicted octanol–water partition coefficient (Wildman–Crippen LogP) is 2.16. The largest absolute Gasteiger partial charge is 0.311 e. The molecule has 3 nitrogen and oxygen atoms in total. The van der Waals surface area contributed by atoms with E-state index in [9.17, 15) is 4.39 Å². The Bertz CT molecular complexity index is 593. The van der Waals surface area contributed by atoms with Crippen LogP contribution < -0.4 is 5.32 Å². The number of hydrogen-bond donors (Lipinski definition) is 1. The first kappa shape index (κ1) is 12.2. The molecule has 0 unspecified atom stereocenters. The van der Waals surface area contributed by atoms with Crippen LogP contribution in [0.5, 0.6) is 0 Å². The Kier molecular flexibility index (Phi) is 3.25. The van der Waals surface area contributed by atoms with Gasteiger partial charge in [-0.05, 0) is 43.1 Å². The van der Waals surface area contributed by atoms with Crippen molar-refractivity contribution < 1.29 is 4.39 Å². The number of hydrogen-bond acceptors (Lipinski definition) is 3. The molecule has 2 aromatic rings. The zero-order chi connectivity index (χ0) is 13.2. The van der Waals surface area contributed by atoms with Crippen molar-refractivity contribution in [2.24, 2.45) is 0 Å². The summed E-state index contributed by atoms with van der Waals surface area (Å²) in [6.07, 6.45) is 1.65. The molecular weight excluding hydrogens is 241 g/mol. The Morgan fingerprint density at radius 3 is 2.79 bits per heavy atom. The van der Waals surface area contributed by atoms with Crippen LogP contribution in [0.2, 0.25) is 0 Å². The average Bonchev–Trinajstić information content (AvgIpc) is 2.42. The highest BCUT2D eigenvalue weighted by Crippen LogP contribution is 2.16. The quantitative estimate of drug-likeness (QED) is 0.896. The molecule has 1 aromatic carbocycles. The fourth-order valence-corrected chi connectivity index (χ4v) is 2.47. The van der Waals surface area contributed by atoms with E-state index in [0.29, 0.717) is 6.42 Å². The van der Waals surface area contributed by atoms with E-state index >= 15 is 0 Å². The van der Waals surface area contributed by atoms with Gasteiger partial charge in [0.05, 0.1) is 5.69 Å². The molecule has 1 aromatic heterocycles. The third-order valence-corrected chi connectivity index (χ3v) is 3.47. The molecule has 3 rings (SSSR count). The smallest absolute Gasteiger partial charge is 0.133 e. The average molecular weight is 257 g/mol. The summed E-state index contributed by atoms with van der Waals surface area (Å²) in [5.74, 6) is 0.599. The van der Waals surface area contributed by atoms with Crippen LogP contribution in [0.1, 0.15) is 28.3 Å². The minimum absolute atomic E-state index is 0.213. The van der Waals surface area contributed by atoms with Crippen molar-refractivity contribution in [3.8, 4) is 0 Å². The lowest BCUT2D eigenvalue weighted by Crippen LogP contribution is -2.26. The van der Waals surface area contributed by atoms with Gasteiger partial charge in [0.1, 0.15) is 11.6 Å². The Morgan fingerprint density at radius 2 is 2.00 bits per heavy atom. The SMILES string of the molecule is Cc1nc(Cc2ccc(F)cc2)nc2c1CCNC2. The fraction of sp³-hybridized carbons (Fsp3) is 0.333. The van der Waals surface area contributed by atoms with Gasteiger partial charge in [-0.1, -0.05) is 12.1 Å². The number of fused-ring (bicyclic) bond motifs is 1. The van der Waals surface area contributed by atoms with Crippen LogP contribution in [0.25, 0.3) is 0 Å². The molecule has 0 aliphatic carbocycles. The zero-order valence-corrected chi connectivity index (χ0v) is 10.9. The van der Waals surface area contributed by atoms with Crippen molar-refractivity contribution in [2.45, 2.75) is 26.3 Å². The summed E-state index contributed by atoms with van der Waals surface area (Å²) in [5, 5.41) is 3.33. The maximum Gasteiger partial charge on any atom is 0.133 e. The predicted molar refractivity (Wildman–Crippen MR) is 71.4 cm³/mol.